The lowest BCUT2D eigenvalue weighted by Crippen LogP contribution is -2.35. The maximum Gasteiger partial charge on any atom is 0.269 e. The highest BCUT2D eigenvalue weighted by molar-refractivity contribution is 6.09. The summed E-state index contributed by atoms with van der Waals surface area (Å²) in [6.07, 6.45) is 4.55. The van der Waals surface area contributed by atoms with Crippen LogP contribution in [0.1, 0.15) is 77.2 Å². The van der Waals surface area contributed by atoms with Crippen molar-refractivity contribution in [3.63, 3.8) is 0 Å². The van der Waals surface area contributed by atoms with Gasteiger partial charge >= 0.3 is 0 Å². The molecule has 0 bridgehead atoms. The molecule has 0 amide bonds. The van der Waals surface area contributed by atoms with E-state index in [2.05, 4.69) is 11.3 Å². The number of fused-ring (bicyclic) bond motifs is 4. The van der Waals surface area contributed by atoms with Gasteiger partial charge in [-0.15, -0.1) is 0 Å². The zero-order valence-electron chi connectivity index (χ0n) is 70.1. The zero-order valence-corrected chi connectivity index (χ0v) is 41.1. The number of rotatable bonds is 10. The summed E-state index contributed by atoms with van der Waals surface area (Å²) < 4.78 is 269. The van der Waals surface area contributed by atoms with Crippen LogP contribution in [-0.4, -0.2) is 14.1 Å². The molecular weight excluding hydrogens is 937 g/mol. The summed E-state index contributed by atoms with van der Waals surface area (Å²) in [4.78, 5) is 4.69. The van der Waals surface area contributed by atoms with Crippen molar-refractivity contribution in [2.24, 2.45) is 0 Å². The van der Waals surface area contributed by atoms with Crippen LogP contribution >= 0.6 is 0 Å². The van der Waals surface area contributed by atoms with Crippen molar-refractivity contribution >= 4 is 32.8 Å². The van der Waals surface area contributed by atoms with Gasteiger partial charge in [0, 0.05) is 36.8 Å². The van der Waals surface area contributed by atoms with Crippen LogP contribution in [0.5, 0.6) is 11.5 Å². The van der Waals surface area contributed by atoms with E-state index in [0.717, 1.165) is 12.3 Å². The molecule has 3 aromatic heterocycles. The molecule has 5 nitrogen and oxygen atoms in total. The van der Waals surface area contributed by atoms with Gasteiger partial charge in [-0.2, -0.15) is 0 Å². The Morgan fingerprint density at radius 1 is 0.519 bits per heavy atom. The molecule has 0 spiro atoms. The van der Waals surface area contributed by atoms with Gasteiger partial charge in [0.25, 0.3) is 6.33 Å². The Kier molecular flexibility index (Phi) is 6.34. The number of aromatic nitrogens is 4. The van der Waals surface area contributed by atoms with Gasteiger partial charge in [0.1, 0.15) is 17.3 Å². The summed E-state index contributed by atoms with van der Waals surface area (Å²) in [6, 6.07) is 9.10. The van der Waals surface area contributed by atoms with Crippen LogP contribution in [0.15, 0.2) is 248 Å². The largest absolute Gasteiger partial charge is 0.458 e. The first-order chi connectivity index (χ1) is 49.6. The van der Waals surface area contributed by atoms with E-state index in [9.17, 15) is 9.60 Å². The summed E-state index contributed by atoms with van der Waals surface area (Å²) in [5.74, 6) is 0.469. The van der Waals surface area contributed by atoms with Crippen molar-refractivity contribution in [3.05, 3.63) is 271 Å². The second-order valence-corrected chi connectivity index (χ2v) is 18.9. The van der Waals surface area contributed by atoms with E-state index in [1.54, 1.807) is 79.9 Å². The highest BCUT2D eigenvalue weighted by atomic mass is 16.5. The number of ether oxygens (including phenoxy) is 1. The summed E-state index contributed by atoms with van der Waals surface area (Å²) in [7, 11) is 0. The van der Waals surface area contributed by atoms with Crippen LogP contribution in [-0.2, 0) is 5.41 Å². The fourth-order valence-corrected chi connectivity index (χ4v) is 9.49. The van der Waals surface area contributed by atoms with E-state index in [0.29, 0.717) is 21.8 Å². The summed E-state index contributed by atoms with van der Waals surface area (Å²) in [5, 5.41) is 1.38. The highest BCUT2D eigenvalue weighted by Crippen LogP contribution is 2.41. The summed E-state index contributed by atoms with van der Waals surface area (Å²) in [5.41, 5.74) is -4.74. The number of para-hydroxylation sites is 1. The number of aryl methyl sites for hydroxylation is 2. The predicted molar refractivity (Wildman–Crippen MR) is 318 cm³/mol. The maximum atomic E-state index is 10.3. The minimum atomic E-state index is -2.99. The van der Waals surface area contributed by atoms with Crippen LogP contribution in [0, 0.1) is 20.0 Å². The molecule has 0 atom stereocenters. The van der Waals surface area contributed by atoms with Gasteiger partial charge in [0.2, 0.25) is 0 Å². The number of hydrogen-bond donors (Lipinski definition) is 0. The molecule has 5 heteroatoms. The van der Waals surface area contributed by atoms with E-state index in [-0.39, 0.29) is 84.2 Å². The molecule has 0 aliphatic carbocycles. The van der Waals surface area contributed by atoms with Crippen molar-refractivity contribution in [1.29, 1.82) is 0 Å². The standard InChI is InChI=1S/C72H56N4O/c1-48-37-63(57-41-55(51-23-12-7-13-24-51)40-56(42-57)52-25-14-8-15-26-52)71(65(38-48)72(3,4)5)75-47-74(69-43-54(33-36-67(69)75)50-21-10-6-11-22-50)58-29-20-30-59(44-58)77-60-34-35-62-61-31-18-19-32-66(61)76(68(62)45-60)70-39-49(2)64(46-73-70)53-27-16-9-17-28-53/h6-46H,1-5H3/i1D3,2D3,6D,7D,8D,9D,10D,11D,12D,13D,14D,15D,16D,17D,21D,22D,23D,24D,25D,26D,27D,28D,40D,41D,42D. The summed E-state index contributed by atoms with van der Waals surface area (Å²) in [6.45, 7) is -0.705. The normalized spacial score (nSPS) is 17.4. The van der Waals surface area contributed by atoms with Gasteiger partial charge in [-0.1, -0.05) is 196 Å². The quantitative estimate of drug-likeness (QED) is 0.101. The number of benzene rings is 10. The predicted octanol–water partition coefficient (Wildman–Crippen LogP) is 18.2. The monoisotopic (exact) mass is 1020 g/mol. The molecule has 0 unspecified atom stereocenters. The third-order valence-corrected chi connectivity index (χ3v) is 13.0. The molecule has 77 heavy (non-hydrogen) atoms. The van der Waals surface area contributed by atoms with Crippen molar-refractivity contribution < 1.29 is 49.1 Å². The first-order valence-corrected chi connectivity index (χ1v) is 24.0. The van der Waals surface area contributed by atoms with Gasteiger partial charge in [0.05, 0.1) is 65.0 Å². The van der Waals surface area contributed by atoms with Crippen LogP contribution in [0.2, 0.25) is 0 Å². The van der Waals surface area contributed by atoms with Crippen molar-refractivity contribution in [1.82, 2.24) is 14.1 Å². The van der Waals surface area contributed by atoms with E-state index in [4.69, 9.17) is 34.9 Å². The molecule has 0 aliphatic rings. The van der Waals surface area contributed by atoms with Crippen molar-refractivity contribution in [2.45, 2.75) is 39.9 Å². The Bertz CT molecular complexity index is 5790. The minimum Gasteiger partial charge on any atom is -0.458 e. The number of imidazole rings is 1. The molecule has 0 fully saturated rings. The van der Waals surface area contributed by atoms with Crippen LogP contribution in [0.25, 0.3) is 106 Å². The second-order valence-electron chi connectivity index (χ2n) is 18.9. The lowest BCUT2D eigenvalue weighted by Gasteiger charge is -2.27. The molecule has 370 valence electrons. The van der Waals surface area contributed by atoms with Gasteiger partial charge in [-0.3, -0.25) is 13.7 Å². The first-order valence-electron chi connectivity index (χ1n) is 38.5. The lowest BCUT2D eigenvalue weighted by atomic mass is 9.81. The lowest BCUT2D eigenvalue weighted by molar-refractivity contribution is -0.572. The van der Waals surface area contributed by atoms with Crippen LogP contribution in [0.4, 0.5) is 0 Å². The molecule has 13 aromatic rings. The second kappa shape index (κ2) is 19.3. The Hall–Kier alpha value is -9.58. The van der Waals surface area contributed by atoms with Crippen LogP contribution in [0.3, 0.4) is 0 Å². The third kappa shape index (κ3) is 8.86. The molecule has 0 N–H and O–H groups in total. The summed E-state index contributed by atoms with van der Waals surface area (Å²) >= 11 is 0. The van der Waals surface area contributed by atoms with Gasteiger partial charge in [-0.25, -0.2) is 4.98 Å². The average molecular weight is 1020 g/mol. The molecule has 0 radical (unpaired) electrons. The van der Waals surface area contributed by atoms with Gasteiger partial charge in [-0.05, 0) is 147 Å². The van der Waals surface area contributed by atoms with E-state index in [1.807, 2.05) is 12.1 Å². The van der Waals surface area contributed by atoms with Crippen molar-refractivity contribution in [2.75, 3.05) is 0 Å². The molecular formula is C72H56N4O. The molecule has 0 saturated heterocycles. The molecule has 0 saturated carbocycles. The number of nitrogens with zero attached hydrogens (tertiary/aromatic N) is 4. The van der Waals surface area contributed by atoms with E-state index in [1.165, 1.54) is 39.5 Å². The minimum absolute atomic E-state index is 0.0427. The molecule has 0 aliphatic heterocycles. The van der Waals surface area contributed by atoms with Crippen molar-refractivity contribution in [3.8, 4) is 84.3 Å². The molecule has 13 rings (SSSR count). The number of pyridine rings is 1. The Morgan fingerprint density at radius 3 is 1.83 bits per heavy atom. The zero-order chi connectivity index (χ0) is 77.2. The van der Waals surface area contributed by atoms with Gasteiger partial charge < -0.3 is 4.74 Å². The van der Waals surface area contributed by atoms with Gasteiger partial charge in [0.15, 0.2) is 0 Å². The highest BCUT2D eigenvalue weighted by Gasteiger charge is 2.27. The Labute approximate surface area is 491 Å². The third-order valence-electron chi connectivity index (χ3n) is 13.0. The number of hydrogen-bond acceptors (Lipinski definition) is 2. The topological polar surface area (TPSA) is 35.9 Å². The first kappa shape index (κ1) is 25.3. The average Bonchev–Trinajstić information content (AvgIpc) is 1.29. The fraction of sp³-hybridized carbons (Fsp3) is 0.0833. The smallest absolute Gasteiger partial charge is 0.269 e. The maximum absolute atomic E-state index is 10.3. The van der Waals surface area contributed by atoms with Crippen LogP contribution < -0.4 is 9.30 Å². The van der Waals surface area contributed by atoms with E-state index >= 15 is 0 Å². The Morgan fingerprint density at radius 2 is 1.16 bits per heavy atom. The molecule has 3 heterocycles. The fourth-order valence-electron chi connectivity index (χ4n) is 9.49. The Balaban J connectivity index is 1.08. The van der Waals surface area contributed by atoms with E-state index < -0.39 is 186 Å². The SMILES string of the molecule is [2H]c1c([2H])c([2H])c(-c2ccc3c(c2)n(-c2cccc(Oc4ccc5c6ccccc6n(-c6cc(C([2H])([2H])[2H])c(-c7c([2H])c([2H])c([2H])c([2H])c7[2H])cn6)c5c4)c2)[c-][n+]3-c2c(-c3c([2H])c(-c4c([2H])c([2H])c([2H])c([2H])c4[2H])c([2H])c(-c4c([2H])c([2H])c([2H])c([2H])c4[2H])c3[2H])cc(C([2H])([2H])[2H])cc2C(C)(C)C)c([2H])c1[2H]. The molecule has 10 aromatic carbocycles.